The Morgan fingerprint density at radius 3 is 2.37 bits per heavy atom. The Balaban J connectivity index is 1.96. The lowest BCUT2D eigenvalue weighted by Crippen LogP contribution is -2.11. The van der Waals surface area contributed by atoms with Gasteiger partial charge in [0.05, 0.1) is 0 Å². The summed E-state index contributed by atoms with van der Waals surface area (Å²) >= 11 is 3.71. The van der Waals surface area contributed by atoms with Crippen molar-refractivity contribution in [3.8, 4) is 0 Å². The van der Waals surface area contributed by atoms with Crippen LogP contribution < -0.4 is 0 Å². The summed E-state index contributed by atoms with van der Waals surface area (Å²) in [7, 11) is 0. The number of benzene rings is 2. The first-order valence-electron chi connectivity index (χ1n) is 6.92. The van der Waals surface area contributed by atoms with Crippen LogP contribution in [0.3, 0.4) is 0 Å². The summed E-state index contributed by atoms with van der Waals surface area (Å²) in [6.07, 6.45) is 4.71. The molecule has 0 amide bonds. The van der Waals surface area contributed by atoms with Crippen LogP contribution in [-0.4, -0.2) is 0 Å². The molecule has 4 rings (SSSR count). The van der Waals surface area contributed by atoms with Gasteiger partial charge in [0.1, 0.15) is 0 Å². The van der Waals surface area contributed by atoms with Gasteiger partial charge in [0, 0.05) is 4.47 Å². The molecule has 0 radical (unpaired) electrons. The maximum absolute atomic E-state index is 3.71. The van der Waals surface area contributed by atoms with Gasteiger partial charge in [-0.15, -0.1) is 0 Å². The van der Waals surface area contributed by atoms with Crippen molar-refractivity contribution in [2.45, 2.75) is 25.7 Å². The first kappa shape index (κ1) is 11.5. The highest BCUT2D eigenvalue weighted by molar-refractivity contribution is 9.10. The predicted octanol–water partition coefficient (Wildman–Crippen LogP) is 5.25. The maximum Gasteiger partial charge on any atom is 0.0213 e. The van der Waals surface area contributed by atoms with Crippen molar-refractivity contribution in [2.24, 2.45) is 0 Å². The van der Waals surface area contributed by atoms with Crippen molar-refractivity contribution < 1.29 is 0 Å². The largest absolute Gasteiger partial charge is 0.0620 e. The van der Waals surface area contributed by atoms with Crippen LogP contribution in [-0.2, 0) is 12.8 Å². The van der Waals surface area contributed by atoms with E-state index in [0.29, 0.717) is 0 Å². The van der Waals surface area contributed by atoms with Crippen LogP contribution in [0.2, 0.25) is 0 Å². The minimum Gasteiger partial charge on any atom is -0.0620 e. The molecule has 2 aliphatic carbocycles. The third-order valence-corrected chi connectivity index (χ3v) is 5.16. The molecule has 0 aliphatic heterocycles. The summed E-state index contributed by atoms with van der Waals surface area (Å²) in [6, 6.07) is 15.5. The molecule has 0 saturated heterocycles. The zero-order valence-corrected chi connectivity index (χ0v) is 12.3. The number of allylic oxidation sites excluding steroid dienone is 2. The van der Waals surface area contributed by atoms with Crippen LogP contribution in [0.5, 0.6) is 0 Å². The molecule has 1 heteroatoms. The van der Waals surface area contributed by atoms with Crippen molar-refractivity contribution in [1.29, 1.82) is 0 Å². The number of halogens is 1. The maximum atomic E-state index is 3.71. The second kappa shape index (κ2) is 4.35. The molecule has 0 heterocycles. The van der Waals surface area contributed by atoms with Crippen LogP contribution in [0.25, 0.3) is 11.1 Å². The fraction of sp³-hybridized carbons (Fsp3) is 0.222. The van der Waals surface area contributed by atoms with Crippen molar-refractivity contribution >= 4 is 27.1 Å². The Bertz CT molecular complexity index is 695. The van der Waals surface area contributed by atoms with Crippen LogP contribution in [0.15, 0.2) is 46.9 Å². The van der Waals surface area contributed by atoms with Gasteiger partial charge in [-0.25, -0.2) is 0 Å². The van der Waals surface area contributed by atoms with Crippen molar-refractivity contribution in [1.82, 2.24) is 0 Å². The van der Waals surface area contributed by atoms with Gasteiger partial charge in [-0.1, -0.05) is 52.3 Å². The van der Waals surface area contributed by atoms with E-state index in [-0.39, 0.29) is 0 Å². The van der Waals surface area contributed by atoms with E-state index in [2.05, 4.69) is 58.4 Å². The lowest BCUT2D eigenvalue weighted by Gasteiger charge is -2.29. The molecular formula is C18H15Br. The smallest absolute Gasteiger partial charge is 0.0213 e. The van der Waals surface area contributed by atoms with Crippen LogP contribution >= 0.6 is 15.9 Å². The molecule has 0 nitrogen and oxygen atoms in total. The van der Waals surface area contributed by atoms with Gasteiger partial charge in [-0.3, -0.25) is 0 Å². The summed E-state index contributed by atoms with van der Waals surface area (Å²) in [4.78, 5) is 0. The molecule has 0 bridgehead atoms. The molecule has 0 aromatic heterocycles. The van der Waals surface area contributed by atoms with Crippen LogP contribution in [0.4, 0.5) is 0 Å². The predicted molar refractivity (Wildman–Crippen MR) is 84.0 cm³/mol. The first-order valence-corrected chi connectivity index (χ1v) is 7.72. The van der Waals surface area contributed by atoms with Gasteiger partial charge < -0.3 is 0 Å². The average molecular weight is 311 g/mol. The van der Waals surface area contributed by atoms with E-state index in [1.54, 1.807) is 11.1 Å². The van der Waals surface area contributed by atoms with E-state index >= 15 is 0 Å². The van der Waals surface area contributed by atoms with Crippen molar-refractivity contribution in [3.05, 3.63) is 69.2 Å². The lowest BCUT2D eigenvalue weighted by atomic mass is 9.76. The second-order valence-corrected chi connectivity index (χ2v) is 6.23. The minimum absolute atomic E-state index is 1.16. The Labute approximate surface area is 122 Å². The van der Waals surface area contributed by atoms with Crippen LogP contribution in [0, 0.1) is 0 Å². The highest BCUT2D eigenvalue weighted by Gasteiger charge is 2.25. The number of aryl methyl sites for hydroxylation is 1. The Morgan fingerprint density at radius 2 is 1.42 bits per heavy atom. The zero-order valence-electron chi connectivity index (χ0n) is 10.7. The van der Waals surface area contributed by atoms with E-state index in [4.69, 9.17) is 0 Å². The van der Waals surface area contributed by atoms with E-state index in [9.17, 15) is 0 Å². The molecule has 0 unspecified atom stereocenters. The molecule has 0 saturated carbocycles. The van der Waals surface area contributed by atoms with Crippen molar-refractivity contribution in [2.75, 3.05) is 0 Å². The number of hydrogen-bond acceptors (Lipinski definition) is 0. The molecule has 19 heavy (non-hydrogen) atoms. The average Bonchev–Trinajstić information content (AvgIpc) is 2.47. The van der Waals surface area contributed by atoms with E-state index in [1.807, 2.05) is 0 Å². The normalized spacial score (nSPS) is 16.7. The third-order valence-electron chi connectivity index (χ3n) is 4.42. The fourth-order valence-electron chi connectivity index (χ4n) is 3.53. The van der Waals surface area contributed by atoms with Gasteiger partial charge in [0.2, 0.25) is 0 Å². The summed E-state index contributed by atoms with van der Waals surface area (Å²) < 4.78 is 1.27. The van der Waals surface area contributed by atoms with Gasteiger partial charge in [0.25, 0.3) is 0 Å². The molecule has 94 valence electrons. The molecule has 2 aliphatic rings. The zero-order chi connectivity index (χ0) is 12.8. The number of rotatable bonds is 0. The van der Waals surface area contributed by atoms with Crippen LogP contribution in [0.1, 0.15) is 35.1 Å². The van der Waals surface area contributed by atoms with Gasteiger partial charge in [-0.05, 0) is 65.1 Å². The fourth-order valence-corrected chi connectivity index (χ4v) is 4.10. The van der Waals surface area contributed by atoms with Crippen molar-refractivity contribution in [3.63, 3.8) is 0 Å². The van der Waals surface area contributed by atoms with Gasteiger partial charge in [-0.2, -0.15) is 0 Å². The summed E-state index contributed by atoms with van der Waals surface area (Å²) in [5.74, 6) is 0. The summed E-state index contributed by atoms with van der Waals surface area (Å²) in [5, 5.41) is 0. The molecular weight excluding hydrogens is 296 g/mol. The highest BCUT2D eigenvalue weighted by Crippen LogP contribution is 2.44. The summed E-state index contributed by atoms with van der Waals surface area (Å²) in [5.41, 5.74) is 9.17. The molecule has 2 aromatic carbocycles. The number of fused-ring (bicyclic) bond motifs is 4. The van der Waals surface area contributed by atoms with E-state index in [1.165, 1.54) is 46.0 Å². The first-order chi connectivity index (χ1) is 9.34. The molecule has 0 N–H and O–H groups in total. The summed E-state index contributed by atoms with van der Waals surface area (Å²) in [6.45, 7) is 0. The molecule has 0 fully saturated rings. The van der Waals surface area contributed by atoms with E-state index < -0.39 is 0 Å². The Hall–Kier alpha value is -1.34. The Kier molecular flexibility index (Phi) is 2.63. The van der Waals surface area contributed by atoms with Gasteiger partial charge in [0.15, 0.2) is 0 Å². The van der Waals surface area contributed by atoms with Gasteiger partial charge >= 0.3 is 0 Å². The Morgan fingerprint density at radius 1 is 0.684 bits per heavy atom. The molecule has 2 aromatic rings. The lowest BCUT2D eigenvalue weighted by molar-refractivity contribution is 0.916. The molecule has 0 spiro atoms. The topological polar surface area (TPSA) is 0 Å². The van der Waals surface area contributed by atoms with E-state index in [0.717, 1.165) is 6.42 Å². The standard InChI is InChI=1S/C18H15Br/c19-18-7-3-6-14-16-9-8-12-4-1-2-5-13(12)15(16)10-11-17(14)18/h1-7H,8-11H2. The quantitative estimate of drug-likeness (QED) is 0.623. The number of hydrogen-bond donors (Lipinski definition) is 0. The minimum atomic E-state index is 1.16. The molecule has 0 atom stereocenters. The second-order valence-electron chi connectivity index (χ2n) is 5.38. The SMILES string of the molecule is Brc1cccc2c1CCC1=C2CCc2ccccc21. The third kappa shape index (κ3) is 1.72. The highest BCUT2D eigenvalue weighted by atomic mass is 79.9. The monoisotopic (exact) mass is 310 g/mol.